The van der Waals surface area contributed by atoms with Crippen LogP contribution < -0.4 is 0 Å². The normalized spacial score (nSPS) is 14.9. The van der Waals surface area contributed by atoms with E-state index < -0.39 is 0 Å². The van der Waals surface area contributed by atoms with Crippen LogP contribution in [0.15, 0.2) is 27.8 Å². The third-order valence-electron chi connectivity index (χ3n) is 3.37. The van der Waals surface area contributed by atoms with Gasteiger partial charge in [0.2, 0.25) is 0 Å². The fourth-order valence-electron chi connectivity index (χ4n) is 2.41. The number of hydrogen-bond donors (Lipinski definition) is 0. The molecule has 6 heteroatoms. The van der Waals surface area contributed by atoms with Crippen LogP contribution >= 0.6 is 27.7 Å². The van der Waals surface area contributed by atoms with Gasteiger partial charge >= 0.3 is 0 Å². The van der Waals surface area contributed by atoms with E-state index in [1.807, 2.05) is 6.07 Å². The van der Waals surface area contributed by atoms with Gasteiger partial charge in [0, 0.05) is 23.2 Å². The SMILES string of the molecule is Fc1cc(Br)cc(CSc2nnc3n2CCCCC3)c1. The van der Waals surface area contributed by atoms with Crippen LogP contribution in [-0.2, 0) is 18.7 Å². The molecular weight excluding hydrogens is 341 g/mol. The van der Waals surface area contributed by atoms with Crippen molar-refractivity contribution in [1.29, 1.82) is 0 Å². The molecule has 0 unspecified atom stereocenters. The summed E-state index contributed by atoms with van der Waals surface area (Å²) in [5.74, 6) is 1.58. The standard InChI is InChI=1S/C14H15BrFN3S/c15-11-6-10(7-12(16)8-11)9-20-14-18-17-13-4-2-1-3-5-19(13)14/h6-8H,1-5,9H2. The zero-order valence-corrected chi connectivity index (χ0v) is 13.4. The molecule has 0 N–H and O–H groups in total. The van der Waals surface area contributed by atoms with Crippen LogP contribution in [0.2, 0.25) is 0 Å². The summed E-state index contributed by atoms with van der Waals surface area (Å²) < 4.78 is 16.3. The summed E-state index contributed by atoms with van der Waals surface area (Å²) in [5, 5.41) is 9.49. The van der Waals surface area contributed by atoms with Crippen LogP contribution in [0.5, 0.6) is 0 Å². The van der Waals surface area contributed by atoms with Gasteiger partial charge in [0.15, 0.2) is 5.16 Å². The first-order valence-corrected chi connectivity index (χ1v) is 8.50. The van der Waals surface area contributed by atoms with Gasteiger partial charge in [-0.15, -0.1) is 10.2 Å². The van der Waals surface area contributed by atoms with E-state index >= 15 is 0 Å². The minimum Gasteiger partial charge on any atom is -0.306 e. The molecule has 1 aliphatic rings. The molecule has 0 atom stereocenters. The van der Waals surface area contributed by atoms with Crippen molar-refractivity contribution >= 4 is 27.7 Å². The van der Waals surface area contributed by atoms with Crippen molar-refractivity contribution in [3.05, 3.63) is 39.9 Å². The lowest BCUT2D eigenvalue weighted by Gasteiger charge is -2.06. The second-order valence-electron chi connectivity index (χ2n) is 4.93. The van der Waals surface area contributed by atoms with Crippen LogP contribution in [0.4, 0.5) is 4.39 Å². The Morgan fingerprint density at radius 3 is 2.95 bits per heavy atom. The maximum absolute atomic E-state index is 13.3. The first-order chi connectivity index (χ1) is 9.72. The van der Waals surface area contributed by atoms with Crippen molar-refractivity contribution in [3.63, 3.8) is 0 Å². The number of halogens is 2. The van der Waals surface area contributed by atoms with Gasteiger partial charge in [-0.05, 0) is 36.6 Å². The van der Waals surface area contributed by atoms with E-state index in [9.17, 15) is 4.39 Å². The molecular formula is C14H15BrFN3S. The lowest BCUT2D eigenvalue weighted by molar-refractivity contribution is 0.591. The highest BCUT2D eigenvalue weighted by atomic mass is 79.9. The molecule has 0 saturated carbocycles. The maximum atomic E-state index is 13.3. The van der Waals surface area contributed by atoms with Gasteiger partial charge in [0.1, 0.15) is 11.6 Å². The third kappa shape index (κ3) is 3.23. The molecule has 20 heavy (non-hydrogen) atoms. The van der Waals surface area contributed by atoms with Crippen LogP contribution in [0.3, 0.4) is 0 Å². The topological polar surface area (TPSA) is 30.7 Å². The van der Waals surface area contributed by atoms with Gasteiger partial charge in [-0.2, -0.15) is 0 Å². The second-order valence-corrected chi connectivity index (χ2v) is 6.79. The summed E-state index contributed by atoms with van der Waals surface area (Å²) in [6, 6.07) is 4.98. The summed E-state index contributed by atoms with van der Waals surface area (Å²) in [7, 11) is 0. The molecule has 1 aliphatic heterocycles. The molecule has 0 aliphatic carbocycles. The van der Waals surface area contributed by atoms with Gasteiger partial charge in [0.05, 0.1) is 0 Å². The number of aromatic nitrogens is 3. The molecule has 0 radical (unpaired) electrons. The van der Waals surface area contributed by atoms with E-state index in [4.69, 9.17) is 0 Å². The van der Waals surface area contributed by atoms with Crippen molar-refractivity contribution in [1.82, 2.24) is 14.8 Å². The molecule has 0 fully saturated rings. The smallest absolute Gasteiger partial charge is 0.191 e. The largest absolute Gasteiger partial charge is 0.306 e. The molecule has 106 valence electrons. The van der Waals surface area contributed by atoms with Gasteiger partial charge in [-0.3, -0.25) is 0 Å². The zero-order valence-electron chi connectivity index (χ0n) is 11.0. The lowest BCUT2D eigenvalue weighted by Crippen LogP contribution is -2.02. The Balaban J connectivity index is 1.73. The number of fused-ring (bicyclic) bond motifs is 1. The van der Waals surface area contributed by atoms with Crippen LogP contribution in [0, 0.1) is 5.82 Å². The highest BCUT2D eigenvalue weighted by molar-refractivity contribution is 9.10. The van der Waals surface area contributed by atoms with Crippen LogP contribution in [-0.4, -0.2) is 14.8 Å². The molecule has 0 spiro atoms. The number of rotatable bonds is 3. The molecule has 0 amide bonds. The molecule has 3 nitrogen and oxygen atoms in total. The second kappa shape index (κ2) is 6.26. The van der Waals surface area contributed by atoms with E-state index in [1.54, 1.807) is 17.8 Å². The molecule has 3 rings (SSSR count). The number of thioether (sulfide) groups is 1. The predicted octanol–water partition coefficient (Wildman–Crippen LogP) is 4.20. The Labute approximate surface area is 130 Å². The van der Waals surface area contributed by atoms with Crippen molar-refractivity contribution < 1.29 is 4.39 Å². The third-order valence-corrected chi connectivity index (χ3v) is 4.86. The Hall–Kier alpha value is -0.880. The molecule has 2 heterocycles. The average Bonchev–Trinajstić information content (AvgIpc) is 2.63. The van der Waals surface area contributed by atoms with Crippen molar-refractivity contribution in [3.8, 4) is 0 Å². The molecule has 1 aromatic heterocycles. The molecule has 0 saturated heterocycles. The Morgan fingerprint density at radius 2 is 2.10 bits per heavy atom. The fourth-order valence-corrected chi connectivity index (χ4v) is 3.83. The van der Waals surface area contributed by atoms with Crippen LogP contribution in [0.25, 0.3) is 0 Å². The van der Waals surface area contributed by atoms with Crippen LogP contribution in [0.1, 0.15) is 30.7 Å². The molecule has 2 aromatic rings. The van der Waals surface area contributed by atoms with E-state index in [0.717, 1.165) is 34.0 Å². The Morgan fingerprint density at radius 1 is 1.20 bits per heavy atom. The number of benzene rings is 1. The summed E-state index contributed by atoms with van der Waals surface area (Å²) >= 11 is 4.94. The van der Waals surface area contributed by atoms with Gasteiger partial charge in [-0.1, -0.05) is 34.1 Å². The zero-order chi connectivity index (χ0) is 13.9. The van der Waals surface area contributed by atoms with Gasteiger partial charge in [-0.25, -0.2) is 4.39 Å². The Kier molecular flexibility index (Phi) is 4.41. The van der Waals surface area contributed by atoms with Gasteiger partial charge in [0.25, 0.3) is 0 Å². The molecule has 1 aromatic carbocycles. The highest BCUT2D eigenvalue weighted by Crippen LogP contribution is 2.26. The number of nitrogens with zero attached hydrogens (tertiary/aromatic N) is 3. The van der Waals surface area contributed by atoms with Gasteiger partial charge < -0.3 is 4.57 Å². The minimum absolute atomic E-state index is 0.213. The fraction of sp³-hybridized carbons (Fsp3) is 0.429. The van der Waals surface area contributed by atoms with Crippen molar-refractivity contribution in [2.75, 3.05) is 0 Å². The van der Waals surface area contributed by atoms with E-state index in [1.165, 1.54) is 25.3 Å². The number of aryl methyl sites for hydroxylation is 1. The van der Waals surface area contributed by atoms with Crippen molar-refractivity contribution in [2.45, 2.75) is 43.1 Å². The average molecular weight is 356 g/mol. The lowest BCUT2D eigenvalue weighted by atomic mass is 10.2. The predicted molar refractivity (Wildman–Crippen MR) is 81.2 cm³/mol. The first-order valence-electron chi connectivity index (χ1n) is 6.72. The number of hydrogen-bond acceptors (Lipinski definition) is 3. The Bertz CT molecular complexity index is 594. The maximum Gasteiger partial charge on any atom is 0.191 e. The van der Waals surface area contributed by atoms with E-state index in [0.29, 0.717) is 5.75 Å². The monoisotopic (exact) mass is 355 g/mol. The van der Waals surface area contributed by atoms with E-state index in [-0.39, 0.29) is 5.82 Å². The first kappa shape index (κ1) is 14.1. The summed E-state index contributed by atoms with van der Waals surface area (Å²) in [6.07, 6.45) is 4.65. The summed E-state index contributed by atoms with van der Waals surface area (Å²) in [4.78, 5) is 0. The van der Waals surface area contributed by atoms with Crippen molar-refractivity contribution in [2.24, 2.45) is 0 Å². The summed E-state index contributed by atoms with van der Waals surface area (Å²) in [6.45, 7) is 0.998. The minimum atomic E-state index is -0.213. The summed E-state index contributed by atoms with van der Waals surface area (Å²) in [5.41, 5.74) is 0.952. The highest BCUT2D eigenvalue weighted by Gasteiger charge is 2.15. The van der Waals surface area contributed by atoms with E-state index in [2.05, 4.69) is 30.7 Å². The quantitative estimate of drug-likeness (QED) is 0.773. The molecule has 0 bridgehead atoms.